The van der Waals surface area contributed by atoms with Crippen LogP contribution in [0, 0.1) is 0 Å². The van der Waals surface area contributed by atoms with Gasteiger partial charge in [-0.1, -0.05) is 0 Å². The van der Waals surface area contributed by atoms with E-state index >= 15 is 0 Å². The Bertz CT molecular complexity index is 557. The average molecular weight is 291 g/mol. The van der Waals surface area contributed by atoms with Gasteiger partial charge in [0.1, 0.15) is 0 Å². The van der Waals surface area contributed by atoms with Gasteiger partial charge >= 0.3 is 5.97 Å². The summed E-state index contributed by atoms with van der Waals surface area (Å²) in [6.45, 7) is 0.870. The Morgan fingerprint density at radius 3 is 2.85 bits per heavy atom. The summed E-state index contributed by atoms with van der Waals surface area (Å²) in [6.07, 6.45) is 4.76. The molecule has 2 rings (SSSR count). The molecule has 0 aromatic carbocycles. The average Bonchev–Trinajstić information content (AvgIpc) is 2.94. The van der Waals surface area contributed by atoms with Crippen LogP contribution in [0.4, 0.5) is 5.13 Å². The number of methoxy groups -OCH3 is 1. The molecule has 0 atom stereocenters. The smallest absolute Gasteiger partial charge is 0.311 e. The molecule has 20 heavy (non-hydrogen) atoms. The molecule has 0 amide bonds. The standard InChI is InChI=1S/C14H17N3O2S/c1-17(8-5-11-3-6-15-7-4-11)14-16-12(10-20-14)9-13(18)19-2/h3-4,6-7,10H,5,8-9H2,1-2H3. The zero-order chi connectivity index (χ0) is 14.4. The van der Waals surface area contributed by atoms with Crippen molar-refractivity contribution in [1.29, 1.82) is 0 Å². The van der Waals surface area contributed by atoms with Crippen LogP contribution in [0.1, 0.15) is 11.3 Å². The van der Waals surface area contributed by atoms with Gasteiger partial charge in [-0.05, 0) is 24.1 Å². The van der Waals surface area contributed by atoms with Gasteiger partial charge in [0, 0.05) is 31.4 Å². The van der Waals surface area contributed by atoms with Gasteiger partial charge in [-0.2, -0.15) is 0 Å². The maximum atomic E-state index is 11.2. The molecule has 0 saturated carbocycles. The molecule has 0 aliphatic carbocycles. The van der Waals surface area contributed by atoms with Crippen molar-refractivity contribution in [3.05, 3.63) is 41.2 Å². The van der Waals surface area contributed by atoms with E-state index in [2.05, 4.69) is 19.6 Å². The number of likely N-dealkylation sites (N-methyl/N-ethyl adjacent to an activating group) is 1. The minimum atomic E-state index is -0.263. The second-order valence-electron chi connectivity index (χ2n) is 4.40. The lowest BCUT2D eigenvalue weighted by Gasteiger charge is -2.15. The molecule has 0 aliphatic heterocycles. The van der Waals surface area contributed by atoms with Gasteiger partial charge in [0.15, 0.2) is 5.13 Å². The molecule has 0 bridgehead atoms. The quantitative estimate of drug-likeness (QED) is 0.761. The molecule has 5 nitrogen and oxygen atoms in total. The predicted molar refractivity (Wildman–Crippen MR) is 79.0 cm³/mol. The first-order chi connectivity index (χ1) is 9.69. The van der Waals surface area contributed by atoms with Crippen molar-refractivity contribution in [3.63, 3.8) is 0 Å². The molecule has 2 aromatic heterocycles. The Balaban J connectivity index is 1.89. The fourth-order valence-corrected chi connectivity index (χ4v) is 2.53. The molecular formula is C14H17N3O2S. The number of anilines is 1. The van der Waals surface area contributed by atoms with E-state index in [9.17, 15) is 4.79 Å². The molecule has 0 aliphatic rings. The van der Waals surface area contributed by atoms with Crippen LogP contribution in [0.15, 0.2) is 29.9 Å². The summed E-state index contributed by atoms with van der Waals surface area (Å²) in [7, 11) is 3.39. The zero-order valence-electron chi connectivity index (χ0n) is 11.6. The SMILES string of the molecule is COC(=O)Cc1csc(N(C)CCc2ccncc2)n1. The first kappa shape index (κ1) is 14.5. The molecule has 0 radical (unpaired) electrons. The van der Waals surface area contributed by atoms with E-state index in [1.807, 2.05) is 24.6 Å². The monoisotopic (exact) mass is 291 g/mol. The van der Waals surface area contributed by atoms with Crippen molar-refractivity contribution in [1.82, 2.24) is 9.97 Å². The van der Waals surface area contributed by atoms with Gasteiger partial charge in [-0.15, -0.1) is 11.3 Å². The van der Waals surface area contributed by atoms with Crippen LogP contribution in [-0.2, 0) is 22.4 Å². The van der Waals surface area contributed by atoms with Crippen LogP contribution in [-0.4, -0.2) is 36.6 Å². The van der Waals surface area contributed by atoms with Crippen LogP contribution >= 0.6 is 11.3 Å². The first-order valence-corrected chi connectivity index (χ1v) is 7.18. The molecule has 106 valence electrons. The number of carbonyl (C=O) groups is 1. The summed E-state index contributed by atoms with van der Waals surface area (Å²) in [5.41, 5.74) is 2.01. The second-order valence-corrected chi connectivity index (χ2v) is 5.24. The topological polar surface area (TPSA) is 55.3 Å². The Kier molecular flexibility index (Phi) is 5.06. The lowest BCUT2D eigenvalue weighted by Crippen LogP contribution is -2.20. The van der Waals surface area contributed by atoms with E-state index < -0.39 is 0 Å². The van der Waals surface area contributed by atoms with Crippen molar-refractivity contribution in [2.75, 3.05) is 25.6 Å². The summed E-state index contributed by atoms with van der Waals surface area (Å²) in [5.74, 6) is -0.263. The minimum Gasteiger partial charge on any atom is -0.469 e. The van der Waals surface area contributed by atoms with Gasteiger partial charge < -0.3 is 9.64 Å². The third-order valence-electron chi connectivity index (χ3n) is 2.90. The lowest BCUT2D eigenvalue weighted by molar-refractivity contribution is -0.139. The van der Waals surface area contributed by atoms with Crippen molar-refractivity contribution < 1.29 is 9.53 Å². The molecule has 0 unspecified atom stereocenters. The van der Waals surface area contributed by atoms with E-state index in [1.165, 1.54) is 24.0 Å². The molecule has 0 fully saturated rings. The van der Waals surface area contributed by atoms with Crippen LogP contribution in [0.3, 0.4) is 0 Å². The highest BCUT2D eigenvalue weighted by atomic mass is 32.1. The van der Waals surface area contributed by atoms with Crippen LogP contribution in [0.2, 0.25) is 0 Å². The number of hydrogen-bond acceptors (Lipinski definition) is 6. The third-order valence-corrected chi connectivity index (χ3v) is 3.91. The van der Waals surface area contributed by atoms with E-state index in [0.717, 1.165) is 23.8 Å². The lowest BCUT2D eigenvalue weighted by atomic mass is 10.2. The number of rotatable bonds is 6. The molecule has 0 N–H and O–H groups in total. The molecule has 6 heteroatoms. The van der Waals surface area contributed by atoms with Crippen molar-refractivity contribution >= 4 is 22.4 Å². The summed E-state index contributed by atoms with van der Waals surface area (Å²) in [6, 6.07) is 4.02. The highest BCUT2D eigenvalue weighted by Gasteiger charge is 2.10. The molecule has 2 heterocycles. The number of esters is 1. The summed E-state index contributed by atoms with van der Waals surface area (Å²) >= 11 is 1.54. The zero-order valence-corrected chi connectivity index (χ0v) is 12.4. The van der Waals surface area contributed by atoms with Gasteiger partial charge in [-0.3, -0.25) is 9.78 Å². The van der Waals surface area contributed by atoms with E-state index in [-0.39, 0.29) is 12.4 Å². The predicted octanol–water partition coefficient (Wildman–Crippen LogP) is 1.93. The molecule has 0 saturated heterocycles. The maximum Gasteiger partial charge on any atom is 0.311 e. The highest BCUT2D eigenvalue weighted by Crippen LogP contribution is 2.20. The second kappa shape index (κ2) is 7.00. The van der Waals surface area contributed by atoms with Crippen LogP contribution in [0.5, 0.6) is 0 Å². The minimum absolute atomic E-state index is 0.227. The fraction of sp³-hybridized carbons (Fsp3) is 0.357. The largest absolute Gasteiger partial charge is 0.469 e. The van der Waals surface area contributed by atoms with Crippen molar-refractivity contribution in [2.45, 2.75) is 12.8 Å². The third kappa shape index (κ3) is 4.03. The number of thiazole rings is 1. The van der Waals surface area contributed by atoms with Crippen LogP contribution < -0.4 is 4.90 Å². The van der Waals surface area contributed by atoms with E-state index in [4.69, 9.17) is 0 Å². The van der Waals surface area contributed by atoms with Gasteiger partial charge in [0.05, 0.1) is 19.2 Å². The normalized spacial score (nSPS) is 10.3. The van der Waals surface area contributed by atoms with Crippen molar-refractivity contribution in [3.8, 4) is 0 Å². The highest BCUT2D eigenvalue weighted by molar-refractivity contribution is 7.13. The Labute approximate surface area is 122 Å². The number of aromatic nitrogens is 2. The maximum absolute atomic E-state index is 11.2. The Morgan fingerprint density at radius 1 is 1.40 bits per heavy atom. The Hall–Kier alpha value is -1.95. The summed E-state index contributed by atoms with van der Waals surface area (Å²) < 4.78 is 4.64. The van der Waals surface area contributed by atoms with Gasteiger partial charge in [0.2, 0.25) is 0 Å². The summed E-state index contributed by atoms with van der Waals surface area (Å²) in [5, 5.41) is 2.81. The number of pyridine rings is 1. The number of ether oxygens (including phenoxy) is 1. The number of carbonyl (C=O) groups excluding carboxylic acids is 1. The van der Waals surface area contributed by atoms with Gasteiger partial charge in [-0.25, -0.2) is 4.98 Å². The van der Waals surface area contributed by atoms with Crippen LogP contribution in [0.25, 0.3) is 0 Å². The Morgan fingerprint density at radius 2 is 2.15 bits per heavy atom. The van der Waals surface area contributed by atoms with Gasteiger partial charge in [0.25, 0.3) is 0 Å². The number of nitrogens with zero attached hydrogens (tertiary/aromatic N) is 3. The molecule has 2 aromatic rings. The fourth-order valence-electron chi connectivity index (χ4n) is 1.71. The first-order valence-electron chi connectivity index (χ1n) is 6.30. The van der Waals surface area contributed by atoms with E-state index in [0.29, 0.717) is 0 Å². The molecule has 0 spiro atoms. The van der Waals surface area contributed by atoms with E-state index in [1.54, 1.807) is 12.4 Å². The number of hydrogen-bond donors (Lipinski definition) is 0. The summed E-state index contributed by atoms with van der Waals surface area (Å²) in [4.78, 5) is 21.7. The molecular weight excluding hydrogens is 274 g/mol. The van der Waals surface area contributed by atoms with Crippen molar-refractivity contribution in [2.24, 2.45) is 0 Å².